The Kier molecular flexibility index (Phi) is 7.49. The first-order chi connectivity index (χ1) is 21.4. The average molecular weight is 672 g/mol. The van der Waals surface area contributed by atoms with Gasteiger partial charge in [0.1, 0.15) is 35.8 Å². The number of hydrogen-bond acceptors (Lipinski definition) is 17. The van der Waals surface area contributed by atoms with Crippen molar-refractivity contribution in [3.8, 4) is 0 Å². The molecule has 0 radical (unpaired) electrons. The first-order valence-electron chi connectivity index (χ1n) is 13.2. The lowest BCUT2D eigenvalue weighted by Gasteiger charge is -2.31. The molecule has 4 aromatic rings. The van der Waals surface area contributed by atoms with E-state index in [0.717, 1.165) is 0 Å². The number of ether oxygens (including phenoxy) is 3. The molecule has 3 aliphatic heterocycles. The predicted octanol–water partition coefficient (Wildman–Crippen LogP) is -1.66. The van der Waals surface area contributed by atoms with Crippen molar-refractivity contribution < 1.29 is 51.8 Å². The fourth-order valence-corrected chi connectivity index (χ4v) is 6.95. The van der Waals surface area contributed by atoms with Crippen LogP contribution < -0.4 is 17.0 Å². The van der Waals surface area contributed by atoms with Crippen LogP contribution in [0.4, 0.5) is 11.8 Å². The highest BCUT2D eigenvalue weighted by molar-refractivity contribution is 7.47. The Hall–Kier alpha value is -3.40. The standard InChI is InChI=1S/C21H26N10O12P2/c22-14-10-15(25-5-24-14)30(6-26-10)19-12-13(32)21(42-19,3-38-12)4-40-45(36,37)43-9-1-8(2-39-44(34)35)41-18(9)31-7-27-11-16(31)28-20(23)29-17(11)33/h5-9,12-13,18-19,32,44H,1-4H2,(H,34,35)(H,36,37)(H2,22,24,25)(H3,23,28,29,33)/t8-,9?,12?,13?,18+,19+,21+/m0/s1. The topological polar surface area (TPSA) is 309 Å². The fraction of sp³-hybridized carbons (Fsp3) is 0.524. The Morgan fingerprint density at radius 2 is 1.91 bits per heavy atom. The normalized spacial score (nSPS) is 31.6. The first kappa shape index (κ1) is 30.3. The van der Waals surface area contributed by atoms with Crippen LogP contribution in [0.1, 0.15) is 18.9 Å². The van der Waals surface area contributed by atoms with Gasteiger partial charge in [-0.2, -0.15) is 4.98 Å². The smallest absolute Gasteiger partial charge is 0.387 e. The van der Waals surface area contributed by atoms with E-state index in [0.29, 0.717) is 11.2 Å². The second-order valence-corrected chi connectivity index (χ2v) is 12.7. The molecule has 242 valence electrons. The minimum Gasteiger partial charge on any atom is -0.387 e. The van der Waals surface area contributed by atoms with Gasteiger partial charge in [0.05, 0.1) is 38.6 Å². The number of phosphoric ester groups is 1. The van der Waals surface area contributed by atoms with Crippen LogP contribution in [0.2, 0.25) is 0 Å². The fourth-order valence-electron chi connectivity index (χ4n) is 5.64. The molecule has 2 bridgehead atoms. The Labute approximate surface area is 250 Å². The summed E-state index contributed by atoms with van der Waals surface area (Å²) in [6, 6.07) is 0. The first-order valence-corrected chi connectivity index (χ1v) is 16.0. The Balaban J connectivity index is 1.10. The molecule has 0 saturated carbocycles. The van der Waals surface area contributed by atoms with E-state index in [2.05, 4.69) is 29.9 Å². The van der Waals surface area contributed by atoms with E-state index in [1.807, 2.05) is 0 Å². The highest BCUT2D eigenvalue weighted by Gasteiger charge is 2.63. The van der Waals surface area contributed by atoms with Crippen LogP contribution in [-0.2, 0) is 36.9 Å². The number of imidazole rings is 2. The highest BCUT2D eigenvalue weighted by Crippen LogP contribution is 2.53. The van der Waals surface area contributed by atoms with Crippen LogP contribution >= 0.6 is 16.1 Å². The van der Waals surface area contributed by atoms with Crippen LogP contribution in [0.25, 0.3) is 22.3 Å². The van der Waals surface area contributed by atoms with Crippen LogP contribution in [0.15, 0.2) is 23.8 Å². The number of nitrogens with one attached hydrogen (secondary N) is 1. The molecule has 0 aliphatic carbocycles. The number of aromatic amines is 1. The van der Waals surface area contributed by atoms with Crippen LogP contribution in [-0.4, -0.2) is 104 Å². The van der Waals surface area contributed by atoms with Crippen molar-refractivity contribution in [2.75, 3.05) is 31.3 Å². The van der Waals surface area contributed by atoms with Crippen molar-refractivity contribution in [2.45, 2.75) is 48.9 Å². The molecule has 9 atom stereocenters. The minimum absolute atomic E-state index is 0.0125. The summed E-state index contributed by atoms with van der Waals surface area (Å²) in [4.78, 5) is 54.8. The van der Waals surface area contributed by atoms with Crippen molar-refractivity contribution in [3.63, 3.8) is 0 Å². The van der Waals surface area contributed by atoms with Crippen molar-refractivity contribution in [1.29, 1.82) is 0 Å². The zero-order valence-corrected chi connectivity index (χ0v) is 24.7. The van der Waals surface area contributed by atoms with Crippen LogP contribution in [0.3, 0.4) is 0 Å². The molecule has 3 saturated heterocycles. The van der Waals surface area contributed by atoms with Crippen molar-refractivity contribution in [3.05, 3.63) is 29.3 Å². The Bertz CT molecular complexity index is 1900. The maximum atomic E-state index is 13.3. The van der Waals surface area contributed by atoms with E-state index in [1.54, 1.807) is 0 Å². The van der Waals surface area contributed by atoms with Gasteiger partial charge in [-0.15, -0.1) is 0 Å². The van der Waals surface area contributed by atoms with E-state index >= 15 is 0 Å². The third-order valence-corrected chi connectivity index (χ3v) is 9.08. The number of nitrogens with zero attached hydrogens (tertiary/aromatic N) is 7. The molecule has 5 unspecified atom stereocenters. The number of aliphatic hydroxyl groups is 1. The quantitative estimate of drug-likeness (QED) is 0.103. The lowest BCUT2D eigenvalue weighted by molar-refractivity contribution is -0.184. The van der Waals surface area contributed by atoms with Crippen LogP contribution in [0, 0.1) is 0 Å². The molecule has 8 N–H and O–H groups in total. The summed E-state index contributed by atoms with van der Waals surface area (Å²) < 4.78 is 60.6. The zero-order valence-electron chi connectivity index (χ0n) is 22.8. The predicted molar refractivity (Wildman–Crippen MR) is 147 cm³/mol. The van der Waals surface area contributed by atoms with Gasteiger partial charge in [0.25, 0.3) is 5.56 Å². The van der Waals surface area contributed by atoms with Gasteiger partial charge in [-0.1, -0.05) is 0 Å². The molecule has 4 aromatic heterocycles. The molecule has 3 aliphatic rings. The van der Waals surface area contributed by atoms with Crippen molar-refractivity contribution in [2.24, 2.45) is 0 Å². The van der Waals surface area contributed by atoms with Crippen molar-refractivity contribution >= 4 is 50.2 Å². The number of aromatic nitrogens is 8. The monoisotopic (exact) mass is 672 g/mol. The summed E-state index contributed by atoms with van der Waals surface area (Å²) in [7, 11) is -8.26. The summed E-state index contributed by atoms with van der Waals surface area (Å²) in [6.45, 7) is -1.15. The number of hydrogen-bond donors (Lipinski definition) is 6. The SMILES string of the molecule is Nc1nc2c(ncn2[C@@H]2O[C@H](CO[PH](=O)O)CC2OP(=O)(O)OC[C@]23COC(C2O)[C@H](n2cnc4c(N)ncnc42)O3)c(=O)[nH]1. The summed E-state index contributed by atoms with van der Waals surface area (Å²) in [5.41, 5.74) is 9.89. The number of phosphoric acid groups is 1. The summed E-state index contributed by atoms with van der Waals surface area (Å²) >= 11 is 0. The Morgan fingerprint density at radius 1 is 1.16 bits per heavy atom. The number of H-pyrrole nitrogens is 1. The summed E-state index contributed by atoms with van der Waals surface area (Å²) in [6.07, 6.45) is -2.73. The summed E-state index contributed by atoms with van der Waals surface area (Å²) in [5, 5.41) is 11.0. The van der Waals surface area contributed by atoms with E-state index in [9.17, 15) is 23.9 Å². The largest absolute Gasteiger partial charge is 0.472 e. The molecule has 24 heteroatoms. The lowest BCUT2D eigenvalue weighted by Crippen LogP contribution is -2.44. The van der Waals surface area contributed by atoms with Gasteiger partial charge in [0.2, 0.25) is 5.95 Å². The lowest BCUT2D eigenvalue weighted by atomic mass is 10.0. The van der Waals surface area contributed by atoms with Gasteiger partial charge in [-0.05, 0) is 0 Å². The molecule has 22 nitrogen and oxygen atoms in total. The maximum absolute atomic E-state index is 13.3. The number of nitrogens with two attached hydrogens (primary N) is 2. The molecule has 0 aromatic carbocycles. The van der Waals surface area contributed by atoms with Gasteiger partial charge in [-0.3, -0.25) is 32.5 Å². The Morgan fingerprint density at radius 3 is 2.69 bits per heavy atom. The number of nitrogen functional groups attached to an aromatic ring is 2. The molecule has 0 spiro atoms. The van der Waals surface area contributed by atoms with Crippen molar-refractivity contribution in [1.82, 2.24) is 39.0 Å². The van der Waals surface area contributed by atoms with Gasteiger partial charge < -0.3 is 45.1 Å². The maximum Gasteiger partial charge on any atom is 0.472 e. The van der Waals surface area contributed by atoms with E-state index in [-0.39, 0.29) is 42.6 Å². The zero-order chi connectivity index (χ0) is 31.7. The number of rotatable bonds is 10. The van der Waals surface area contributed by atoms with Crippen LogP contribution in [0.5, 0.6) is 0 Å². The van der Waals surface area contributed by atoms with E-state index in [1.165, 1.54) is 28.1 Å². The molecular weight excluding hydrogens is 646 g/mol. The van der Waals surface area contributed by atoms with Gasteiger partial charge in [0.15, 0.2) is 35.1 Å². The molecule has 7 heterocycles. The molecular formula is C21H26N10O12P2. The highest BCUT2D eigenvalue weighted by atomic mass is 31.2. The number of aliphatic hydroxyl groups excluding tert-OH is 1. The van der Waals surface area contributed by atoms with E-state index in [4.69, 9.17) is 44.1 Å². The second-order valence-electron chi connectivity index (χ2n) is 10.5. The summed E-state index contributed by atoms with van der Waals surface area (Å²) in [5.74, 6) is -0.0766. The second kappa shape index (κ2) is 11.1. The molecule has 0 amide bonds. The van der Waals surface area contributed by atoms with Gasteiger partial charge >= 0.3 is 16.1 Å². The van der Waals surface area contributed by atoms with Gasteiger partial charge in [0, 0.05) is 6.42 Å². The minimum atomic E-state index is -4.94. The average Bonchev–Trinajstić information content (AvgIpc) is 3.79. The van der Waals surface area contributed by atoms with E-state index < -0.39 is 70.7 Å². The number of anilines is 2. The molecule has 3 fully saturated rings. The molecule has 45 heavy (non-hydrogen) atoms. The third-order valence-electron chi connectivity index (χ3n) is 7.67. The van der Waals surface area contributed by atoms with Gasteiger partial charge in [-0.25, -0.2) is 24.5 Å². The molecule has 7 rings (SSSR count). The number of fused-ring (bicyclic) bond motifs is 4. The third kappa shape index (κ3) is 5.32.